The fourth-order valence-electron chi connectivity index (χ4n) is 2.14. The molecule has 1 aromatic heterocycles. The van der Waals surface area contributed by atoms with Gasteiger partial charge in [0, 0.05) is 17.7 Å². The van der Waals surface area contributed by atoms with Crippen LogP contribution in [0.2, 0.25) is 0 Å². The number of anilines is 3. The number of hydrogen-bond acceptors (Lipinski definition) is 5. The van der Waals surface area contributed by atoms with E-state index < -0.39 is 0 Å². The summed E-state index contributed by atoms with van der Waals surface area (Å²) in [7, 11) is 0. The van der Waals surface area contributed by atoms with Crippen LogP contribution in [0.15, 0.2) is 24.3 Å². The summed E-state index contributed by atoms with van der Waals surface area (Å²) in [6.07, 6.45) is 2.33. The maximum atomic E-state index is 5.49. The zero-order valence-electron chi connectivity index (χ0n) is 11.8. The number of nitrogens with zero attached hydrogens (tertiary/aromatic N) is 2. The molecule has 0 unspecified atom stereocenters. The summed E-state index contributed by atoms with van der Waals surface area (Å²) < 4.78 is 0. The molecule has 0 aliphatic heterocycles. The Labute approximate surface area is 118 Å². The fraction of sp³-hybridized carbons (Fsp3) is 0.333. The Bertz CT molecular complexity index is 634. The Hall–Kier alpha value is -2.14. The Kier molecular flexibility index (Phi) is 3.28. The van der Waals surface area contributed by atoms with Gasteiger partial charge in [-0.1, -0.05) is 12.1 Å². The van der Waals surface area contributed by atoms with E-state index in [9.17, 15) is 0 Å². The van der Waals surface area contributed by atoms with Crippen LogP contribution >= 0.6 is 0 Å². The van der Waals surface area contributed by atoms with E-state index in [1.165, 1.54) is 11.1 Å². The largest absolute Gasteiger partial charge is 0.340 e. The van der Waals surface area contributed by atoms with Gasteiger partial charge in [-0.15, -0.1) is 0 Å². The molecule has 1 aliphatic rings. The van der Waals surface area contributed by atoms with Gasteiger partial charge in [0.25, 0.3) is 0 Å². The van der Waals surface area contributed by atoms with Gasteiger partial charge in [0.05, 0.1) is 0 Å². The molecule has 4 N–H and O–H groups in total. The highest BCUT2D eigenvalue weighted by Crippen LogP contribution is 2.39. The van der Waals surface area contributed by atoms with Gasteiger partial charge in [-0.3, -0.25) is 0 Å². The van der Waals surface area contributed by atoms with Gasteiger partial charge < -0.3 is 10.7 Å². The van der Waals surface area contributed by atoms with Crippen LogP contribution in [0.1, 0.15) is 35.7 Å². The van der Waals surface area contributed by atoms with Crippen molar-refractivity contribution >= 4 is 17.3 Å². The first-order valence-electron chi connectivity index (χ1n) is 6.85. The van der Waals surface area contributed by atoms with Gasteiger partial charge in [0.15, 0.2) is 0 Å². The van der Waals surface area contributed by atoms with Crippen molar-refractivity contribution in [2.24, 2.45) is 5.84 Å². The van der Waals surface area contributed by atoms with Crippen molar-refractivity contribution < 1.29 is 0 Å². The van der Waals surface area contributed by atoms with Crippen molar-refractivity contribution in [3.8, 4) is 0 Å². The molecule has 0 radical (unpaired) electrons. The summed E-state index contributed by atoms with van der Waals surface area (Å²) >= 11 is 0. The number of nitrogen functional groups attached to an aromatic ring is 1. The van der Waals surface area contributed by atoms with Crippen molar-refractivity contribution in [1.29, 1.82) is 0 Å². The van der Waals surface area contributed by atoms with Crippen molar-refractivity contribution in [2.75, 3.05) is 10.7 Å². The van der Waals surface area contributed by atoms with E-state index in [0.29, 0.717) is 11.7 Å². The van der Waals surface area contributed by atoms with Gasteiger partial charge in [0.1, 0.15) is 17.5 Å². The van der Waals surface area contributed by atoms with Crippen molar-refractivity contribution in [2.45, 2.75) is 32.6 Å². The Balaban J connectivity index is 1.93. The maximum Gasteiger partial charge on any atom is 0.145 e. The molecule has 1 aromatic carbocycles. The van der Waals surface area contributed by atoms with Gasteiger partial charge in [-0.2, -0.15) is 0 Å². The molecule has 104 valence electrons. The first-order valence-corrected chi connectivity index (χ1v) is 6.85. The third kappa shape index (κ3) is 2.72. The van der Waals surface area contributed by atoms with E-state index in [4.69, 9.17) is 5.84 Å². The number of nitrogens with one attached hydrogen (secondary N) is 2. The minimum Gasteiger partial charge on any atom is -0.340 e. The third-order valence-corrected chi connectivity index (χ3v) is 3.49. The molecule has 3 rings (SSSR count). The smallest absolute Gasteiger partial charge is 0.145 e. The standard InChI is InChI=1S/C15H19N5/c1-9-3-4-10(2)12(7-9)17-13-8-14(20-16)19-15(18-13)11-5-6-11/h3-4,7-8,11H,5-6,16H2,1-2H3,(H2,17,18,19,20). The van der Waals surface area contributed by atoms with E-state index in [1.807, 2.05) is 6.07 Å². The van der Waals surface area contributed by atoms with Crippen LogP contribution < -0.4 is 16.6 Å². The lowest BCUT2D eigenvalue weighted by atomic mass is 10.1. The van der Waals surface area contributed by atoms with Crippen LogP contribution in [-0.4, -0.2) is 9.97 Å². The Morgan fingerprint density at radius 2 is 1.85 bits per heavy atom. The molecule has 0 amide bonds. The SMILES string of the molecule is Cc1ccc(C)c(Nc2cc(NN)nc(C3CC3)n2)c1. The van der Waals surface area contributed by atoms with Crippen LogP contribution in [0.25, 0.3) is 0 Å². The average molecular weight is 269 g/mol. The second-order valence-electron chi connectivity index (χ2n) is 5.36. The molecular weight excluding hydrogens is 250 g/mol. The minimum atomic E-state index is 0.488. The number of hydrogen-bond donors (Lipinski definition) is 3. The van der Waals surface area contributed by atoms with E-state index in [-0.39, 0.29) is 0 Å². The molecule has 1 aliphatic carbocycles. The molecule has 1 saturated carbocycles. The zero-order chi connectivity index (χ0) is 14.1. The lowest BCUT2D eigenvalue weighted by molar-refractivity contribution is 0.929. The van der Waals surface area contributed by atoms with Gasteiger partial charge in [-0.25, -0.2) is 15.8 Å². The quantitative estimate of drug-likeness (QED) is 0.587. The lowest BCUT2D eigenvalue weighted by Gasteiger charge is -2.12. The van der Waals surface area contributed by atoms with Crippen molar-refractivity contribution in [3.05, 3.63) is 41.2 Å². The fourth-order valence-corrected chi connectivity index (χ4v) is 2.14. The summed E-state index contributed by atoms with van der Waals surface area (Å²) in [6.45, 7) is 4.15. The lowest BCUT2D eigenvalue weighted by Crippen LogP contribution is -2.11. The Morgan fingerprint density at radius 1 is 1.10 bits per heavy atom. The number of rotatable bonds is 4. The molecule has 0 atom stereocenters. The zero-order valence-corrected chi connectivity index (χ0v) is 11.8. The van der Waals surface area contributed by atoms with Gasteiger partial charge in [-0.05, 0) is 43.9 Å². The van der Waals surface area contributed by atoms with E-state index in [0.717, 1.165) is 30.2 Å². The molecule has 0 spiro atoms. The molecule has 1 fully saturated rings. The van der Waals surface area contributed by atoms with E-state index in [2.05, 4.69) is 52.8 Å². The predicted octanol–water partition coefficient (Wildman–Crippen LogP) is 3.00. The second kappa shape index (κ2) is 5.09. The summed E-state index contributed by atoms with van der Waals surface area (Å²) in [6, 6.07) is 8.14. The van der Waals surface area contributed by atoms with Crippen LogP contribution in [0.3, 0.4) is 0 Å². The topological polar surface area (TPSA) is 75.9 Å². The third-order valence-electron chi connectivity index (χ3n) is 3.49. The molecule has 5 heteroatoms. The van der Waals surface area contributed by atoms with E-state index >= 15 is 0 Å². The first kappa shape index (κ1) is 12.9. The van der Waals surface area contributed by atoms with E-state index in [1.54, 1.807) is 0 Å². The van der Waals surface area contributed by atoms with Gasteiger partial charge >= 0.3 is 0 Å². The highest BCUT2D eigenvalue weighted by Gasteiger charge is 2.27. The highest BCUT2D eigenvalue weighted by molar-refractivity contribution is 5.63. The van der Waals surface area contributed by atoms with Crippen LogP contribution in [-0.2, 0) is 0 Å². The van der Waals surface area contributed by atoms with Gasteiger partial charge in [0.2, 0.25) is 0 Å². The second-order valence-corrected chi connectivity index (χ2v) is 5.36. The average Bonchev–Trinajstić information content (AvgIpc) is 3.27. The molecule has 0 saturated heterocycles. The summed E-state index contributed by atoms with van der Waals surface area (Å²) in [5, 5.41) is 3.36. The summed E-state index contributed by atoms with van der Waals surface area (Å²) in [5.74, 6) is 8.27. The molecule has 2 aromatic rings. The summed E-state index contributed by atoms with van der Waals surface area (Å²) in [4.78, 5) is 9.00. The molecule has 5 nitrogen and oxygen atoms in total. The number of aromatic nitrogens is 2. The number of aryl methyl sites for hydroxylation is 2. The number of benzene rings is 1. The number of nitrogens with two attached hydrogens (primary N) is 1. The monoisotopic (exact) mass is 269 g/mol. The molecule has 1 heterocycles. The minimum absolute atomic E-state index is 0.488. The van der Waals surface area contributed by atoms with Crippen LogP contribution in [0, 0.1) is 13.8 Å². The van der Waals surface area contributed by atoms with Crippen molar-refractivity contribution in [3.63, 3.8) is 0 Å². The van der Waals surface area contributed by atoms with Crippen molar-refractivity contribution in [1.82, 2.24) is 9.97 Å². The molecular formula is C15H19N5. The summed E-state index contributed by atoms with van der Waals surface area (Å²) in [5.41, 5.74) is 6.07. The molecule has 0 bridgehead atoms. The molecule has 20 heavy (non-hydrogen) atoms. The highest BCUT2D eigenvalue weighted by atomic mass is 15.3. The normalized spacial score (nSPS) is 14.2. The number of hydrazine groups is 1. The predicted molar refractivity (Wildman–Crippen MR) is 81.0 cm³/mol. The van der Waals surface area contributed by atoms with Crippen LogP contribution in [0.5, 0.6) is 0 Å². The Morgan fingerprint density at radius 3 is 2.55 bits per heavy atom. The first-order chi connectivity index (χ1) is 9.65. The van der Waals surface area contributed by atoms with Crippen LogP contribution in [0.4, 0.5) is 17.3 Å². The maximum absolute atomic E-state index is 5.49.